The predicted octanol–water partition coefficient (Wildman–Crippen LogP) is 0.00920. The van der Waals surface area contributed by atoms with Crippen LogP contribution in [0.3, 0.4) is 0 Å². The van der Waals surface area contributed by atoms with Crippen molar-refractivity contribution in [1.82, 2.24) is 0 Å². The molecule has 60 valence electrons. The van der Waals surface area contributed by atoms with E-state index in [0.29, 0.717) is 0 Å². The van der Waals surface area contributed by atoms with Crippen LogP contribution in [-0.4, -0.2) is 19.9 Å². The Kier molecular flexibility index (Phi) is 6.97. The Morgan fingerprint density at radius 1 is 1.50 bits per heavy atom. The summed E-state index contributed by atoms with van der Waals surface area (Å²) in [7, 11) is -4.64. The molecule has 0 bridgehead atoms. The fourth-order valence-electron chi connectivity index (χ4n) is 0. The van der Waals surface area contributed by atoms with Gasteiger partial charge in [-0.1, -0.05) is 6.58 Å². The van der Waals surface area contributed by atoms with E-state index in [1.165, 1.54) is 0 Å². The number of carbonyl (C=O) groups excluding carboxylic acids is 1. The maximum atomic E-state index is 9.46. The van der Waals surface area contributed by atoms with E-state index >= 15 is 0 Å². The first-order chi connectivity index (χ1) is 4.27. The summed E-state index contributed by atoms with van der Waals surface area (Å²) < 4.78 is 8.88. The third kappa shape index (κ3) is 111. The first-order valence-corrected chi connectivity index (χ1v) is 3.82. The lowest BCUT2D eigenvalue weighted by molar-refractivity contribution is -0.107. The number of allylic oxidation sites excluding steroid dienone is 1. The monoisotopic (exact) mass is 188 g/mol. The molecule has 0 fully saturated rings. The lowest BCUT2D eigenvalue weighted by Crippen LogP contribution is -1.67. The molecule has 0 amide bonds. The van der Waals surface area contributed by atoms with E-state index in [0.717, 1.165) is 6.08 Å². The Morgan fingerprint density at radius 2 is 1.60 bits per heavy atom. The Labute approximate surface area is 62.2 Å². The van der Waals surface area contributed by atoms with Crippen molar-refractivity contribution in [3.05, 3.63) is 12.7 Å². The Morgan fingerprint density at radius 3 is 1.60 bits per heavy atom. The zero-order valence-electron chi connectivity index (χ0n) is 4.77. The normalized spacial score (nSPS) is 9.20. The predicted molar refractivity (Wildman–Crippen MR) is 35.3 cm³/mol. The molecule has 0 heterocycles. The SMILES string of the molecule is C=CC(=O)Cl.O=P(O)(O)O. The van der Waals surface area contributed by atoms with Gasteiger partial charge in [0, 0.05) is 0 Å². The number of carbonyl (C=O) groups is 1. The first kappa shape index (κ1) is 12.5. The number of halogens is 1. The van der Waals surface area contributed by atoms with Crippen LogP contribution in [0.15, 0.2) is 12.7 Å². The average Bonchev–Trinajstić information content (AvgIpc) is 1.61. The number of hydrogen-bond acceptors (Lipinski definition) is 2. The molecular formula is C3H6ClO5P. The van der Waals surface area contributed by atoms with Gasteiger partial charge >= 0.3 is 7.82 Å². The summed E-state index contributed by atoms with van der Waals surface area (Å²) in [5.41, 5.74) is 0. The minimum absolute atomic E-state index is 0.509. The minimum atomic E-state index is -4.64. The highest BCUT2D eigenvalue weighted by atomic mass is 35.5. The van der Waals surface area contributed by atoms with Crippen LogP contribution in [0.5, 0.6) is 0 Å². The number of rotatable bonds is 1. The lowest BCUT2D eigenvalue weighted by atomic mass is 10.7. The Hall–Kier alpha value is -0.190. The molecule has 0 aromatic rings. The maximum absolute atomic E-state index is 9.46. The van der Waals surface area contributed by atoms with Crippen molar-refractivity contribution in [2.24, 2.45) is 0 Å². The Bertz CT molecular complexity index is 152. The van der Waals surface area contributed by atoms with E-state index in [9.17, 15) is 4.79 Å². The van der Waals surface area contributed by atoms with Crippen molar-refractivity contribution in [3.8, 4) is 0 Å². The smallest absolute Gasteiger partial charge is 0.303 e. The molecule has 0 spiro atoms. The van der Waals surface area contributed by atoms with Crippen LogP contribution in [0.4, 0.5) is 0 Å². The molecule has 3 N–H and O–H groups in total. The van der Waals surface area contributed by atoms with E-state index in [1.807, 2.05) is 0 Å². The van der Waals surface area contributed by atoms with Crippen molar-refractivity contribution in [1.29, 1.82) is 0 Å². The standard InChI is InChI=1S/C3H3ClO.H3O4P/c1-2-3(4)5;1-5(2,3)4/h2H,1H2;(H3,1,2,3,4). The summed E-state index contributed by atoms with van der Waals surface area (Å²) in [4.78, 5) is 31.0. The quantitative estimate of drug-likeness (QED) is 0.306. The molecule has 0 aromatic heterocycles. The summed E-state index contributed by atoms with van der Waals surface area (Å²) in [5, 5.41) is -0.509. The highest BCUT2D eigenvalue weighted by Gasteiger charge is 2.00. The molecule has 0 radical (unpaired) electrons. The van der Waals surface area contributed by atoms with Crippen LogP contribution in [-0.2, 0) is 9.36 Å². The van der Waals surface area contributed by atoms with E-state index in [2.05, 4.69) is 6.58 Å². The van der Waals surface area contributed by atoms with Gasteiger partial charge in [0.05, 0.1) is 0 Å². The molecule has 10 heavy (non-hydrogen) atoms. The summed E-state index contributed by atoms with van der Waals surface area (Å²) >= 11 is 4.71. The lowest BCUT2D eigenvalue weighted by Gasteiger charge is -1.82. The molecule has 0 atom stereocenters. The van der Waals surface area contributed by atoms with Gasteiger partial charge in [0.25, 0.3) is 0 Å². The van der Waals surface area contributed by atoms with Crippen LogP contribution < -0.4 is 0 Å². The summed E-state index contributed by atoms with van der Waals surface area (Å²) in [5.74, 6) is 0. The van der Waals surface area contributed by atoms with Crippen molar-refractivity contribution >= 4 is 24.7 Å². The molecule has 0 aromatic carbocycles. The zero-order valence-corrected chi connectivity index (χ0v) is 6.42. The van der Waals surface area contributed by atoms with Crippen LogP contribution in [0.25, 0.3) is 0 Å². The van der Waals surface area contributed by atoms with Gasteiger partial charge in [-0.2, -0.15) is 0 Å². The van der Waals surface area contributed by atoms with Crippen molar-refractivity contribution in [3.63, 3.8) is 0 Å². The molecule has 0 saturated heterocycles. The van der Waals surface area contributed by atoms with Gasteiger partial charge in [0.15, 0.2) is 0 Å². The second kappa shape index (κ2) is 5.58. The highest BCUT2D eigenvalue weighted by Crippen LogP contribution is 2.25. The Balaban J connectivity index is 0. The molecule has 0 unspecified atom stereocenters. The molecule has 7 heteroatoms. The van der Waals surface area contributed by atoms with Gasteiger partial charge in [-0.3, -0.25) is 4.79 Å². The number of phosphoric acid groups is 1. The maximum Gasteiger partial charge on any atom is 0.466 e. The molecule has 0 saturated carbocycles. The molecule has 5 nitrogen and oxygen atoms in total. The topological polar surface area (TPSA) is 94.8 Å². The van der Waals surface area contributed by atoms with Crippen molar-refractivity contribution in [2.75, 3.05) is 0 Å². The van der Waals surface area contributed by atoms with Crippen LogP contribution in [0.2, 0.25) is 0 Å². The minimum Gasteiger partial charge on any atom is -0.303 e. The van der Waals surface area contributed by atoms with Crippen LogP contribution in [0.1, 0.15) is 0 Å². The molecular weight excluding hydrogens is 182 g/mol. The molecule has 0 rings (SSSR count). The average molecular weight is 189 g/mol. The highest BCUT2D eigenvalue weighted by molar-refractivity contribution is 7.45. The van der Waals surface area contributed by atoms with E-state index in [-0.39, 0.29) is 0 Å². The summed E-state index contributed by atoms with van der Waals surface area (Å²) in [6, 6.07) is 0. The van der Waals surface area contributed by atoms with Gasteiger partial charge in [-0.25, -0.2) is 4.57 Å². The second-order valence-electron chi connectivity index (χ2n) is 1.02. The van der Waals surface area contributed by atoms with Crippen LogP contribution >= 0.6 is 19.4 Å². The van der Waals surface area contributed by atoms with Gasteiger partial charge in [-0.15, -0.1) is 0 Å². The zero-order chi connectivity index (χ0) is 8.78. The van der Waals surface area contributed by atoms with Gasteiger partial charge in [-0.05, 0) is 17.7 Å². The van der Waals surface area contributed by atoms with Crippen molar-refractivity contribution in [2.45, 2.75) is 0 Å². The van der Waals surface area contributed by atoms with E-state index in [4.69, 9.17) is 30.8 Å². The summed E-state index contributed by atoms with van der Waals surface area (Å²) in [6.45, 7) is 3.08. The molecule has 0 aliphatic rings. The first-order valence-electron chi connectivity index (χ1n) is 1.87. The van der Waals surface area contributed by atoms with Crippen molar-refractivity contribution < 1.29 is 24.0 Å². The summed E-state index contributed by atoms with van der Waals surface area (Å²) in [6.07, 6.45) is 1.04. The van der Waals surface area contributed by atoms with Gasteiger partial charge in [0.2, 0.25) is 5.24 Å². The van der Waals surface area contributed by atoms with Gasteiger partial charge in [0.1, 0.15) is 0 Å². The molecule has 0 aliphatic heterocycles. The van der Waals surface area contributed by atoms with Crippen LogP contribution in [0, 0.1) is 0 Å². The fraction of sp³-hybridized carbons (Fsp3) is 0. The third-order valence-electron chi connectivity index (χ3n) is 0.160. The number of hydrogen-bond donors (Lipinski definition) is 3. The largest absolute Gasteiger partial charge is 0.466 e. The second-order valence-corrected chi connectivity index (χ2v) is 2.42. The van der Waals surface area contributed by atoms with E-state index < -0.39 is 13.1 Å². The molecule has 0 aliphatic carbocycles. The fourth-order valence-corrected chi connectivity index (χ4v) is 0. The third-order valence-corrected chi connectivity index (χ3v) is 0.315. The van der Waals surface area contributed by atoms with Gasteiger partial charge < -0.3 is 14.7 Å². The van der Waals surface area contributed by atoms with E-state index in [1.54, 1.807) is 0 Å².